The second-order valence-corrected chi connectivity index (χ2v) is 7.84. The standard InChI is InChI=1S/C26H23F2N5O/c1-16-3-7-20(8-4-16)31-24-15-25(30-17(2)29-24)32-21-9-11-22(12-10-21)33-26(34)13-18-5-6-19(27)14-23(18)28/h3-12,14-15H,13H2,1-2H3,(H,33,34)(H2,29,30,31,32). The summed E-state index contributed by atoms with van der Waals surface area (Å²) in [7, 11) is 0. The highest BCUT2D eigenvalue weighted by atomic mass is 19.1. The van der Waals surface area contributed by atoms with E-state index in [9.17, 15) is 13.6 Å². The van der Waals surface area contributed by atoms with Crippen LogP contribution in [0.25, 0.3) is 0 Å². The number of benzene rings is 3. The molecule has 8 heteroatoms. The summed E-state index contributed by atoms with van der Waals surface area (Å²) in [4.78, 5) is 21.1. The van der Waals surface area contributed by atoms with Gasteiger partial charge in [0.05, 0.1) is 6.42 Å². The highest BCUT2D eigenvalue weighted by Gasteiger charge is 2.10. The summed E-state index contributed by atoms with van der Waals surface area (Å²) in [5.41, 5.74) is 3.55. The van der Waals surface area contributed by atoms with Crippen molar-refractivity contribution in [3.8, 4) is 0 Å². The van der Waals surface area contributed by atoms with Crippen LogP contribution in [0.3, 0.4) is 0 Å². The highest BCUT2D eigenvalue weighted by Crippen LogP contribution is 2.22. The van der Waals surface area contributed by atoms with Crippen LogP contribution in [-0.2, 0) is 11.2 Å². The van der Waals surface area contributed by atoms with Gasteiger partial charge in [0, 0.05) is 29.2 Å². The van der Waals surface area contributed by atoms with E-state index in [0.717, 1.165) is 23.5 Å². The van der Waals surface area contributed by atoms with Crippen molar-refractivity contribution in [3.63, 3.8) is 0 Å². The SMILES string of the molecule is Cc1ccc(Nc2cc(Nc3ccc(NC(=O)Cc4ccc(F)cc4F)cc3)nc(C)n2)cc1. The maximum absolute atomic E-state index is 13.8. The molecule has 1 amide bonds. The average Bonchev–Trinajstić information content (AvgIpc) is 2.78. The second-order valence-electron chi connectivity index (χ2n) is 7.84. The lowest BCUT2D eigenvalue weighted by atomic mass is 10.1. The first-order chi connectivity index (χ1) is 16.3. The molecule has 6 nitrogen and oxygen atoms in total. The topological polar surface area (TPSA) is 78.9 Å². The molecule has 0 saturated carbocycles. The number of nitrogens with zero attached hydrogens (tertiary/aromatic N) is 2. The number of aryl methyl sites for hydroxylation is 2. The third-order valence-corrected chi connectivity index (χ3v) is 4.97. The van der Waals surface area contributed by atoms with E-state index in [-0.39, 0.29) is 12.0 Å². The van der Waals surface area contributed by atoms with E-state index in [2.05, 4.69) is 25.9 Å². The van der Waals surface area contributed by atoms with E-state index in [0.29, 0.717) is 23.1 Å². The molecule has 172 valence electrons. The van der Waals surface area contributed by atoms with E-state index < -0.39 is 17.5 Å². The number of hydrogen-bond donors (Lipinski definition) is 3. The van der Waals surface area contributed by atoms with Crippen LogP contribution in [0.15, 0.2) is 72.8 Å². The Balaban J connectivity index is 1.38. The molecule has 3 N–H and O–H groups in total. The van der Waals surface area contributed by atoms with Gasteiger partial charge in [-0.15, -0.1) is 0 Å². The number of nitrogens with one attached hydrogen (secondary N) is 3. The zero-order valence-corrected chi connectivity index (χ0v) is 18.7. The minimum atomic E-state index is -0.744. The Morgan fingerprint density at radius 3 is 1.91 bits per heavy atom. The molecule has 0 aliphatic carbocycles. The minimum absolute atomic E-state index is 0.131. The van der Waals surface area contributed by atoms with Crippen LogP contribution < -0.4 is 16.0 Å². The predicted octanol–water partition coefficient (Wildman–Crippen LogP) is 6.04. The fraction of sp³-hybridized carbons (Fsp3) is 0.115. The summed E-state index contributed by atoms with van der Waals surface area (Å²) in [6, 6.07) is 20.0. The van der Waals surface area contributed by atoms with E-state index in [1.54, 1.807) is 30.3 Å². The van der Waals surface area contributed by atoms with Crippen molar-refractivity contribution < 1.29 is 13.6 Å². The van der Waals surface area contributed by atoms with Gasteiger partial charge in [0.25, 0.3) is 0 Å². The number of amides is 1. The van der Waals surface area contributed by atoms with Gasteiger partial charge in [0.15, 0.2) is 0 Å². The van der Waals surface area contributed by atoms with Crippen LogP contribution in [0, 0.1) is 25.5 Å². The maximum Gasteiger partial charge on any atom is 0.228 e. The molecule has 34 heavy (non-hydrogen) atoms. The Labute approximate surface area is 196 Å². The molecule has 0 saturated heterocycles. The lowest BCUT2D eigenvalue weighted by Gasteiger charge is -2.11. The molecular weight excluding hydrogens is 436 g/mol. The number of rotatable bonds is 7. The van der Waals surface area contributed by atoms with Gasteiger partial charge in [0.2, 0.25) is 5.91 Å². The summed E-state index contributed by atoms with van der Waals surface area (Å²) >= 11 is 0. The van der Waals surface area contributed by atoms with E-state index in [4.69, 9.17) is 0 Å². The van der Waals surface area contributed by atoms with Crippen LogP contribution in [0.4, 0.5) is 37.5 Å². The van der Waals surface area contributed by atoms with Crippen LogP contribution in [0.1, 0.15) is 17.0 Å². The van der Waals surface area contributed by atoms with Crippen molar-refractivity contribution in [3.05, 3.63) is 101 Å². The van der Waals surface area contributed by atoms with E-state index in [1.807, 2.05) is 38.1 Å². The van der Waals surface area contributed by atoms with Crippen LogP contribution >= 0.6 is 0 Å². The molecule has 0 atom stereocenters. The summed E-state index contributed by atoms with van der Waals surface area (Å²) in [5, 5.41) is 9.20. The lowest BCUT2D eigenvalue weighted by Crippen LogP contribution is -2.15. The number of hydrogen-bond acceptors (Lipinski definition) is 5. The first kappa shape index (κ1) is 22.8. The molecular formula is C26H23F2N5O. The molecule has 0 unspecified atom stereocenters. The molecule has 1 aromatic heterocycles. The molecule has 0 fully saturated rings. The number of halogens is 2. The first-order valence-corrected chi connectivity index (χ1v) is 10.6. The number of aromatic nitrogens is 2. The van der Waals surface area contributed by atoms with Crippen molar-refractivity contribution in [2.24, 2.45) is 0 Å². The van der Waals surface area contributed by atoms with Gasteiger partial charge < -0.3 is 16.0 Å². The quantitative estimate of drug-likeness (QED) is 0.314. The van der Waals surface area contributed by atoms with Gasteiger partial charge in [0.1, 0.15) is 29.1 Å². The fourth-order valence-corrected chi connectivity index (χ4v) is 3.31. The third-order valence-electron chi connectivity index (χ3n) is 4.97. The molecule has 0 aliphatic rings. The second kappa shape index (κ2) is 10.1. The van der Waals surface area contributed by atoms with Gasteiger partial charge in [-0.05, 0) is 61.9 Å². The Morgan fingerprint density at radius 1 is 0.765 bits per heavy atom. The third kappa shape index (κ3) is 6.13. The van der Waals surface area contributed by atoms with Crippen molar-refractivity contribution in [2.45, 2.75) is 20.3 Å². The summed E-state index contributed by atoms with van der Waals surface area (Å²) in [5.74, 6) is 0.0650. The number of anilines is 5. The Morgan fingerprint density at radius 2 is 1.32 bits per heavy atom. The number of carbonyl (C=O) groups excluding carboxylic acids is 1. The first-order valence-electron chi connectivity index (χ1n) is 10.6. The summed E-state index contributed by atoms with van der Waals surface area (Å²) in [6.45, 7) is 3.84. The Hall–Kier alpha value is -4.33. The van der Waals surface area contributed by atoms with E-state index in [1.165, 1.54) is 11.6 Å². The van der Waals surface area contributed by atoms with E-state index >= 15 is 0 Å². The minimum Gasteiger partial charge on any atom is -0.340 e. The van der Waals surface area contributed by atoms with Crippen molar-refractivity contribution in [1.29, 1.82) is 0 Å². The molecule has 3 aromatic carbocycles. The van der Waals surface area contributed by atoms with Crippen LogP contribution in [0.2, 0.25) is 0 Å². The fourth-order valence-electron chi connectivity index (χ4n) is 3.31. The predicted molar refractivity (Wildman–Crippen MR) is 130 cm³/mol. The average molecular weight is 460 g/mol. The molecule has 4 rings (SSSR count). The van der Waals surface area contributed by atoms with Crippen LogP contribution in [-0.4, -0.2) is 15.9 Å². The highest BCUT2D eigenvalue weighted by molar-refractivity contribution is 5.92. The smallest absolute Gasteiger partial charge is 0.228 e. The molecule has 0 aliphatic heterocycles. The van der Waals surface area contributed by atoms with Gasteiger partial charge in [-0.3, -0.25) is 4.79 Å². The van der Waals surface area contributed by atoms with Crippen molar-refractivity contribution in [2.75, 3.05) is 16.0 Å². The van der Waals surface area contributed by atoms with Gasteiger partial charge in [-0.2, -0.15) is 0 Å². The van der Waals surface area contributed by atoms with Crippen molar-refractivity contribution >= 4 is 34.6 Å². The Kier molecular flexibility index (Phi) is 6.77. The van der Waals surface area contributed by atoms with Crippen molar-refractivity contribution in [1.82, 2.24) is 9.97 Å². The summed E-state index contributed by atoms with van der Waals surface area (Å²) in [6.07, 6.45) is -0.191. The van der Waals surface area contributed by atoms with Gasteiger partial charge in [-0.25, -0.2) is 18.7 Å². The Bertz CT molecular complexity index is 1310. The molecule has 1 heterocycles. The molecule has 0 spiro atoms. The van der Waals surface area contributed by atoms with Gasteiger partial charge >= 0.3 is 0 Å². The molecule has 4 aromatic rings. The maximum atomic E-state index is 13.8. The van der Waals surface area contributed by atoms with Crippen LogP contribution in [0.5, 0.6) is 0 Å². The lowest BCUT2D eigenvalue weighted by molar-refractivity contribution is -0.115. The number of carbonyl (C=O) groups is 1. The zero-order valence-electron chi connectivity index (χ0n) is 18.7. The van der Waals surface area contributed by atoms with Gasteiger partial charge in [-0.1, -0.05) is 23.8 Å². The monoisotopic (exact) mass is 459 g/mol. The summed E-state index contributed by atoms with van der Waals surface area (Å²) < 4.78 is 26.8. The zero-order chi connectivity index (χ0) is 24.1. The largest absolute Gasteiger partial charge is 0.340 e. The normalized spacial score (nSPS) is 10.6. The molecule has 0 radical (unpaired) electrons. The molecule has 0 bridgehead atoms.